The lowest BCUT2D eigenvalue weighted by molar-refractivity contribution is -0.203. The molecule has 6 aliphatic rings. The number of para-hydroxylation sites is 1. The van der Waals surface area contributed by atoms with Gasteiger partial charge in [0, 0.05) is 119 Å². The summed E-state index contributed by atoms with van der Waals surface area (Å²) in [5.74, 6) is -0.696. The first-order valence-electron chi connectivity index (χ1n) is 30.3. The van der Waals surface area contributed by atoms with Gasteiger partial charge in [0.2, 0.25) is 0 Å². The lowest BCUT2D eigenvalue weighted by atomic mass is 9.47. The Labute approximate surface area is 505 Å². The van der Waals surface area contributed by atoms with Crippen LogP contribution in [0.1, 0.15) is 80.3 Å². The molecular weight excluding hydrogens is 1140 g/mol. The van der Waals surface area contributed by atoms with Gasteiger partial charge < -0.3 is 58.3 Å². The van der Waals surface area contributed by atoms with E-state index < -0.39 is 68.1 Å². The first kappa shape index (κ1) is 63.1. The number of aromatic amines is 1. The van der Waals surface area contributed by atoms with Crippen LogP contribution in [0.15, 0.2) is 71.2 Å². The van der Waals surface area contributed by atoms with E-state index in [2.05, 4.69) is 96.6 Å². The number of amides is 1. The highest BCUT2D eigenvalue weighted by atomic mass is 32.2. The number of carbonyl (C=O) groups is 2. The number of carbonyl (C=O) groups excluding carboxylic acids is 2. The number of aromatic nitrogens is 3. The predicted molar refractivity (Wildman–Crippen MR) is 331 cm³/mol. The van der Waals surface area contributed by atoms with Gasteiger partial charge in [-0.3, -0.25) is 19.4 Å². The van der Waals surface area contributed by atoms with E-state index in [0.29, 0.717) is 127 Å². The van der Waals surface area contributed by atoms with Crippen LogP contribution >= 0.6 is 11.8 Å². The van der Waals surface area contributed by atoms with Crippen molar-refractivity contribution in [3.63, 3.8) is 0 Å². The number of methoxy groups -OCH3 is 2. The Morgan fingerprint density at radius 3 is 2.45 bits per heavy atom. The van der Waals surface area contributed by atoms with Gasteiger partial charge >= 0.3 is 5.97 Å². The van der Waals surface area contributed by atoms with Crippen molar-refractivity contribution in [3.8, 4) is 5.75 Å². The number of rotatable bonds is 25. The van der Waals surface area contributed by atoms with Crippen LogP contribution in [0.5, 0.6) is 5.75 Å². The Morgan fingerprint density at radius 2 is 1.72 bits per heavy atom. The van der Waals surface area contributed by atoms with Crippen molar-refractivity contribution in [2.75, 3.05) is 104 Å². The molecule has 5 N–H and O–H groups in total. The number of aliphatic hydroxyl groups excluding tert-OH is 1. The molecular formula is C61H88N10O11SSi2. The number of fused-ring (bicyclic) bond motifs is 6. The number of hydrogen-bond donors (Lipinski definition) is 5. The molecule has 1 saturated carbocycles. The third-order valence-corrected chi connectivity index (χ3v) is 29.3. The summed E-state index contributed by atoms with van der Waals surface area (Å²) in [7, 11) is 0.471. The van der Waals surface area contributed by atoms with Gasteiger partial charge in [-0.25, -0.2) is 9.97 Å². The Morgan fingerprint density at radius 1 is 0.965 bits per heavy atom. The summed E-state index contributed by atoms with van der Waals surface area (Å²) in [6.07, 6.45) is 9.92. The SMILES string of the molecule is CC[C@]1(O)C[C@@H]2CN(CCc3c([nH]c4ccccc34)[C@@](C(=O)OC)(c3cc4c(cc3OC)N(C)[C@H]3[C@@](O)(C(=O)NCCC[Si](C)(C)O[Si](C)(C)CSc5ncc(COCCOCCOCN=[N+]=[N-])cn5)[C@H](O)[C@]5(CC)C=CCN6CC[C@]43[C@@H]65)C2)C1. The molecule has 1 unspecified atom stereocenters. The molecule has 3 fully saturated rings. The highest BCUT2D eigenvalue weighted by Gasteiger charge is 2.78. The molecule has 1 spiro atoms. The van der Waals surface area contributed by atoms with E-state index in [-0.39, 0.29) is 25.2 Å². The van der Waals surface area contributed by atoms with Crippen LogP contribution in [0.4, 0.5) is 5.69 Å². The van der Waals surface area contributed by atoms with Gasteiger partial charge in [-0.1, -0.05) is 61.1 Å². The second kappa shape index (κ2) is 25.3. The molecule has 10 atom stereocenters. The number of H-pyrrole nitrogens is 1. The molecule has 2 bridgehead atoms. The Bertz CT molecular complexity index is 3150. The molecule has 1 amide bonds. The lowest BCUT2D eigenvalue weighted by Gasteiger charge is -2.63. The monoisotopic (exact) mass is 1220 g/mol. The molecule has 5 aliphatic heterocycles. The Hall–Kier alpha value is -4.93. The molecule has 4 aromatic rings. The van der Waals surface area contributed by atoms with Crippen LogP contribution in [0, 0.1) is 11.3 Å². The standard InChI is InChI=1S/C61H88N10O11SSi2/c1-10-57(75)32-41-33-60(55(74)78-5,50-44(18-23-70(36-41)38-57)43-16-12-13-17-47(43)67-50)46-30-45-48(31-49(46)77-4)69(3)52-59(45)20-24-71-22-14-19-58(11-2,51(59)71)53(72)61(52,76)54(73)63-21-15-29-84(6,7)82-85(8,9)40-83-56-64-34-42(35-65-56)37-80-27-25-79-26-28-81-39-66-68-62/h12-14,16-17,19,30-31,34-35,41,51-53,67,72,75-76H,10-11,15,18,20-29,32-33,36-40H2,1-9H3,(H,63,73)/t41-,51-,52+,53+,57-,58+,59+,60-,61-/m0/s1. The van der Waals surface area contributed by atoms with Crippen LogP contribution in [-0.4, -0.2) is 197 Å². The zero-order valence-electron chi connectivity index (χ0n) is 51.0. The summed E-state index contributed by atoms with van der Waals surface area (Å²) in [5.41, 5.74) is 7.53. The third kappa shape index (κ3) is 11.6. The predicted octanol–water partition coefficient (Wildman–Crippen LogP) is 7.12. The van der Waals surface area contributed by atoms with E-state index in [9.17, 15) is 15.3 Å². The first-order chi connectivity index (χ1) is 40.7. The highest BCUT2D eigenvalue weighted by Crippen LogP contribution is 2.68. The number of piperidine rings is 1. The number of aliphatic hydroxyl groups is 3. The van der Waals surface area contributed by atoms with E-state index in [1.54, 1.807) is 31.3 Å². The summed E-state index contributed by atoms with van der Waals surface area (Å²) >= 11 is 1.58. The first-order valence-corrected chi connectivity index (χ1v) is 37.5. The van der Waals surface area contributed by atoms with Crippen LogP contribution in [0.2, 0.25) is 32.2 Å². The largest absolute Gasteiger partial charge is 0.496 e. The zero-order chi connectivity index (χ0) is 60.6. The number of nitrogens with one attached hydrogen (secondary N) is 2. The normalized spacial score (nSPS) is 29.6. The fourth-order valence-electron chi connectivity index (χ4n) is 16.1. The highest BCUT2D eigenvalue weighted by molar-refractivity contribution is 8.00. The summed E-state index contributed by atoms with van der Waals surface area (Å²) in [6.45, 7) is 18.3. The summed E-state index contributed by atoms with van der Waals surface area (Å²) in [5, 5.41) is 48.0. The third-order valence-electron chi connectivity index (χ3n) is 19.5. The summed E-state index contributed by atoms with van der Waals surface area (Å²) in [6, 6.07) is 11.9. The second-order valence-electron chi connectivity index (χ2n) is 25.7. The van der Waals surface area contributed by atoms with Gasteiger partial charge in [0.1, 0.15) is 24.0 Å². The number of nitrogens with zero attached hydrogens (tertiary/aromatic N) is 8. The van der Waals surface area contributed by atoms with Gasteiger partial charge in [-0.05, 0) is 118 Å². The van der Waals surface area contributed by atoms with E-state index in [4.69, 9.17) is 33.3 Å². The summed E-state index contributed by atoms with van der Waals surface area (Å²) in [4.78, 5) is 53.5. The van der Waals surface area contributed by atoms with E-state index in [1.165, 1.54) is 7.11 Å². The number of hydrogen-bond acceptors (Lipinski definition) is 18. The molecule has 7 heterocycles. The van der Waals surface area contributed by atoms with Gasteiger partial charge in [0.25, 0.3) is 5.91 Å². The van der Waals surface area contributed by atoms with Crippen LogP contribution < -0.4 is 15.0 Å². The number of esters is 1. The Kier molecular flexibility index (Phi) is 18.8. The van der Waals surface area contributed by atoms with E-state index in [1.807, 2.05) is 44.0 Å². The van der Waals surface area contributed by atoms with Crippen LogP contribution in [-0.2, 0) is 56.5 Å². The van der Waals surface area contributed by atoms with Gasteiger partial charge in [0.15, 0.2) is 27.4 Å². The van der Waals surface area contributed by atoms with E-state index >= 15 is 9.59 Å². The van der Waals surface area contributed by atoms with Crippen molar-refractivity contribution in [3.05, 3.63) is 99.3 Å². The van der Waals surface area contributed by atoms with Crippen molar-refractivity contribution in [2.45, 2.75) is 143 Å². The maximum Gasteiger partial charge on any atom is 0.322 e. The molecule has 0 radical (unpaired) electrons. The van der Waals surface area contributed by atoms with Crippen LogP contribution in [0.3, 0.4) is 0 Å². The molecule has 21 nitrogen and oxygen atoms in total. The topological polar surface area (TPSA) is 262 Å². The molecule has 2 aromatic heterocycles. The lowest BCUT2D eigenvalue weighted by Crippen LogP contribution is -2.81. The summed E-state index contributed by atoms with van der Waals surface area (Å²) < 4.78 is 35.9. The minimum atomic E-state index is -2.30. The van der Waals surface area contributed by atoms with E-state index in [0.717, 1.165) is 50.4 Å². The number of benzene rings is 2. The Balaban J connectivity index is 0.892. The van der Waals surface area contributed by atoms with Crippen molar-refractivity contribution in [1.29, 1.82) is 0 Å². The van der Waals surface area contributed by atoms with Crippen molar-refractivity contribution < 1.29 is 52.7 Å². The molecule has 462 valence electrons. The van der Waals surface area contributed by atoms with Crippen molar-refractivity contribution >= 4 is 56.9 Å². The molecule has 24 heteroatoms. The second-order valence-corrected chi connectivity index (χ2v) is 35.9. The minimum Gasteiger partial charge on any atom is -0.496 e. The van der Waals surface area contributed by atoms with Crippen molar-refractivity contribution in [1.82, 2.24) is 30.1 Å². The molecule has 10 rings (SSSR count). The van der Waals surface area contributed by atoms with Crippen LogP contribution in [0.25, 0.3) is 21.3 Å². The molecule has 85 heavy (non-hydrogen) atoms. The molecule has 1 aliphatic carbocycles. The smallest absolute Gasteiger partial charge is 0.322 e. The number of likely N-dealkylation sites (N-methyl/N-ethyl adjacent to an activating group) is 1. The quantitative estimate of drug-likeness (QED) is 0.00509. The fraction of sp³-hybridized carbons (Fsp3) is 0.639. The average molecular weight is 1230 g/mol. The number of ether oxygens (including phenoxy) is 5. The number of anilines is 1. The average Bonchev–Trinajstić information content (AvgIpc) is 1.57. The maximum absolute atomic E-state index is 15.6. The maximum atomic E-state index is 15.6. The van der Waals surface area contributed by atoms with Crippen molar-refractivity contribution in [2.24, 2.45) is 16.4 Å². The van der Waals surface area contributed by atoms with Gasteiger partial charge in [-0.15, -0.1) is 0 Å². The zero-order valence-corrected chi connectivity index (χ0v) is 53.8. The fourth-order valence-corrected chi connectivity index (χ4v) is 26.5. The van der Waals surface area contributed by atoms with Gasteiger partial charge in [0.05, 0.1) is 58.9 Å². The molecule has 2 aromatic carbocycles. The molecule has 2 saturated heterocycles. The number of thioether (sulfide) groups is 1. The van der Waals surface area contributed by atoms with Gasteiger partial charge in [-0.2, -0.15) is 0 Å². The minimum absolute atomic E-state index is 0.0230. The number of azide groups is 1.